The Morgan fingerprint density at radius 3 is 2.55 bits per heavy atom. The van der Waals surface area contributed by atoms with Crippen molar-refractivity contribution in [3.63, 3.8) is 0 Å². The van der Waals surface area contributed by atoms with E-state index in [1.54, 1.807) is 11.8 Å². The number of hydrogen-bond acceptors (Lipinski definition) is 3. The Balaban J connectivity index is 1.50. The van der Waals surface area contributed by atoms with E-state index in [-0.39, 0.29) is 11.9 Å². The number of aryl methyl sites for hydroxylation is 1. The van der Waals surface area contributed by atoms with Crippen LogP contribution in [0.5, 0.6) is 0 Å². The van der Waals surface area contributed by atoms with Crippen LogP contribution in [0.1, 0.15) is 54.6 Å². The first kappa shape index (κ1) is 21.4. The smallest absolute Gasteiger partial charge is 0.251 e. The average Bonchev–Trinajstić information content (AvgIpc) is 2.94. The number of hydrogen-bond donors (Lipinski definition) is 1. The number of benzene rings is 3. The number of nitrogens with one attached hydrogen (secondary N) is 1. The van der Waals surface area contributed by atoms with E-state index in [0.717, 1.165) is 42.0 Å². The highest BCUT2D eigenvalue weighted by Crippen LogP contribution is 2.41. The number of rotatable bonds is 7. The van der Waals surface area contributed by atoms with Crippen molar-refractivity contribution in [2.24, 2.45) is 4.99 Å². The molecular weight excluding hydrogens is 400 g/mol. The number of carbonyl (C=O) groups is 1. The summed E-state index contributed by atoms with van der Waals surface area (Å²) in [6.45, 7) is 4.24. The fourth-order valence-corrected chi connectivity index (χ4v) is 4.81. The Bertz CT molecular complexity index is 1090. The van der Waals surface area contributed by atoms with Crippen LogP contribution < -0.4 is 5.32 Å². The third kappa shape index (κ3) is 5.26. The molecule has 0 spiro atoms. The molecule has 4 rings (SSSR count). The highest BCUT2D eigenvalue weighted by atomic mass is 32.2. The Kier molecular flexibility index (Phi) is 6.88. The minimum absolute atomic E-state index is 0.0395. The predicted octanol–water partition coefficient (Wildman–Crippen LogP) is 6.82. The van der Waals surface area contributed by atoms with Crippen molar-refractivity contribution in [2.75, 3.05) is 0 Å². The molecule has 1 heterocycles. The van der Waals surface area contributed by atoms with Crippen molar-refractivity contribution in [3.05, 3.63) is 89.5 Å². The minimum Gasteiger partial charge on any atom is -0.350 e. The van der Waals surface area contributed by atoms with Gasteiger partial charge in [0.2, 0.25) is 0 Å². The molecule has 1 unspecified atom stereocenters. The Morgan fingerprint density at radius 1 is 0.968 bits per heavy atom. The lowest BCUT2D eigenvalue weighted by Gasteiger charge is -2.14. The SMILES string of the molecule is CCCC1=Nc2cc(C(=O)NC(C)CCc3ccccc3)ccc2Sc2ccccc21. The molecule has 1 aliphatic heterocycles. The van der Waals surface area contributed by atoms with Crippen LogP contribution in [0.15, 0.2) is 87.6 Å². The molecule has 3 aromatic carbocycles. The summed E-state index contributed by atoms with van der Waals surface area (Å²) in [4.78, 5) is 20.2. The van der Waals surface area contributed by atoms with Crippen molar-refractivity contribution in [1.82, 2.24) is 5.32 Å². The van der Waals surface area contributed by atoms with E-state index >= 15 is 0 Å². The van der Waals surface area contributed by atoms with Crippen LogP contribution in [0.2, 0.25) is 0 Å². The molecule has 0 saturated heterocycles. The molecule has 1 amide bonds. The Morgan fingerprint density at radius 2 is 1.74 bits per heavy atom. The van der Waals surface area contributed by atoms with Gasteiger partial charge < -0.3 is 5.32 Å². The first-order chi connectivity index (χ1) is 15.1. The molecule has 0 radical (unpaired) electrons. The summed E-state index contributed by atoms with van der Waals surface area (Å²) in [7, 11) is 0. The predicted molar refractivity (Wildman–Crippen MR) is 130 cm³/mol. The van der Waals surface area contributed by atoms with Crippen LogP contribution in [-0.4, -0.2) is 17.7 Å². The summed E-state index contributed by atoms with van der Waals surface area (Å²) in [5.41, 5.74) is 5.14. The topological polar surface area (TPSA) is 41.5 Å². The Hall–Kier alpha value is -2.85. The van der Waals surface area contributed by atoms with Crippen LogP contribution in [0.4, 0.5) is 5.69 Å². The lowest BCUT2D eigenvalue weighted by Crippen LogP contribution is -2.32. The normalized spacial score (nSPS) is 13.4. The molecule has 3 aromatic rings. The van der Waals surface area contributed by atoms with E-state index in [1.807, 2.05) is 24.3 Å². The summed E-state index contributed by atoms with van der Waals surface area (Å²) < 4.78 is 0. The molecule has 4 heteroatoms. The molecule has 0 aromatic heterocycles. The number of fused-ring (bicyclic) bond motifs is 2. The fraction of sp³-hybridized carbons (Fsp3) is 0.259. The third-order valence-electron chi connectivity index (χ3n) is 5.47. The lowest BCUT2D eigenvalue weighted by molar-refractivity contribution is 0.0938. The second kappa shape index (κ2) is 9.97. The molecule has 0 aliphatic carbocycles. The van der Waals surface area contributed by atoms with Gasteiger partial charge in [0.25, 0.3) is 5.91 Å². The molecule has 3 nitrogen and oxygen atoms in total. The second-order valence-electron chi connectivity index (χ2n) is 7.99. The van der Waals surface area contributed by atoms with Crippen molar-refractivity contribution in [1.29, 1.82) is 0 Å². The molecule has 31 heavy (non-hydrogen) atoms. The van der Waals surface area contributed by atoms with Crippen LogP contribution >= 0.6 is 11.8 Å². The largest absolute Gasteiger partial charge is 0.350 e. The van der Waals surface area contributed by atoms with Gasteiger partial charge in [-0.15, -0.1) is 0 Å². The maximum atomic E-state index is 12.9. The van der Waals surface area contributed by atoms with E-state index in [2.05, 4.69) is 67.7 Å². The van der Waals surface area contributed by atoms with Crippen molar-refractivity contribution in [2.45, 2.75) is 55.4 Å². The van der Waals surface area contributed by atoms with Crippen LogP contribution in [0.25, 0.3) is 0 Å². The summed E-state index contributed by atoms with van der Waals surface area (Å²) in [5, 5.41) is 3.15. The van der Waals surface area contributed by atoms with Gasteiger partial charge in [-0.25, -0.2) is 0 Å². The molecule has 1 aliphatic rings. The van der Waals surface area contributed by atoms with E-state index in [1.165, 1.54) is 16.0 Å². The monoisotopic (exact) mass is 428 g/mol. The molecule has 0 fully saturated rings. The highest BCUT2D eigenvalue weighted by Gasteiger charge is 2.18. The first-order valence-electron chi connectivity index (χ1n) is 11.0. The molecular formula is C27H28N2OS. The maximum Gasteiger partial charge on any atom is 0.251 e. The fourth-order valence-electron chi connectivity index (χ4n) is 3.78. The van der Waals surface area contributed by atoms with Gasteiger partial charge in [0.15, 0.2) is 0 Å². The van der Waals surface area contributed by atoms with Crippen LogP contribution in [0.3, 0.4) is 0 Å². The summed E-state index contributed by atoms with van der Waals surface area (Å²) >= 11 is 1.73. The molecule has 1 N–H and O–H groups in total. The zero-order chi connectivity index (χ0) is 21.6. The first-order valence-corrected chi connectivity index (χ1v) is 11.8. The third-order valence-corrected chi connectivity index (χ3v) is 6.61. The number of carbonyl (C=O) groups excluding carboxylic acids is 1. The second-order valence-corrected chi connectivity index (χ2v) is 9.07. The number of nitrogens with zero attached hydrogens (tertiary/aromatic N) is 1. The molecule has 1 atom stereocenters. The van der Waals surface area contributed by atoms with Gasteiger partial charge in [-0.3, -0.25) is 9.79 Å². The molecule has 158 valence electrons. The summed E-state index contributed by atoms with van der Waals surface area (Å²) in [5.74, 6) is -0.0395. The van der Waals surface area contributed by atoms with Crippen LogP contribution in [0, 0.1) is 0 Å². The van der Waals surface area contributed by atoms with Gasteiger partial charge in [0, 0.05) is 32.7 Å². The Labute approximate surface area is 189 Å². The van der Waals surface area contributed by atoms with Gasteiger partial charge in [-0.1, -0.05) is 73.6 Å². The quantitative estimate of drug-likeness (QED) is 0.448. The van der Waals surface area contributed by atoms with E-state index in [9.17, 15) is 4.79 Å². The van der Waals surface area contributed by atoms with Crippen molar-refractivity contribution in [3.8, 4) is 0 Å². The van der Waals surface area contributed by atoms with Gasteiger partial charge in [0.1, 0.15) is 0 Å². The summed E-state index contributed by atoms with van der Waals surface area (Å²) in [6, 6.07) is 24.8. The van der Waals surface area contributed by atoms with Gasteiger partial charge >= 0.3 is 0 Å². The van der Waals surface area contributed by atoms with Crippen LogP contribution in [-0.2, 0) is 6.42 Å². The molecule has 0 saturated carbocycles. The number of aliphatic imine (C=N–C) groups is 1. The van der Waals surface area contributed by atoms with E-state index in [0.29, 0.717) is 5.56 Å². The van der Waals surface area contributed by atoms with Gasteiger partial charge in [0.05, 0.1) is 5.69 Å². The standard InChI is InChI=1S/C27H28N2OS/c1-3-9-23-22-12-7-8-13-25(22)31-26-17-16-21(18-24(26)29-23)27(30)28-19(2)14-15-20-10-5-4-6-11-20/h4-8,10-13,16-19H,3,9,14-15H2,1-2H3,(H,28,30). The average molecular weight is 429 g/mol. The maximum absolute atomic E-state index is 12.9. The van der Waals surface area contributed by atoms with E-state index < -0.39 is 0 Å². The zero-order valence-corrected chi connectivity index (χ0v) is 18.9. The van der Waals surface area contributed by atoms with Gasteiger partial charge in [-0.05, 0) is 56.0 Å². The van der Waals surface area contributed by atoms with Crippen molar-refractivity contribution < 1.29 is 4.79 Å². The van der Waals surface area contributed by atoms with E-state index in [4.69, 9.17) is 4.99 Å². The highest BCUT2D eigenvalue weighted by molar-refractivity contribution is 7.99. The zero-order valence-electron chi connectivity index (χ0n) is 18.1. The number of amides is 1. The van der Waals surface area contributed by atoms with Crippen molar-refractivity contribution >= 4 is 29.1 Å². The van der Waals surface area contributed by atoms with Gasteiger partial charge in [-0.2, -0.15) is 0 Å². The summed E-state index contributed by atoms with van der Waals surface area (Å²) in [6.07, 6.45) is 3.81. The minimum atomic E-state index is -0.0395. The lowest BCUT2D eigenvalue weighted by atomic mass is 10.1. The molecule has 0 bridgehead atoms.